The van der Waals surface area contributed by atoms with Gasteiger partial charge in [0, 0.05) is 128 Å². The van der Waals surface area contributed by atoms with Gasteiger partial charge in [-0.05, 0) is 193 Å². The van der Waals surface area contributed by atoms with E-state index in [1.165, 1.54) is 55.9 Å². The molecule has 0 amide bonds. The molecule has 0 bridgehead atoms. The van der Waals surface area contributed by atoms with Gasteiger partial charge >= 0.3 is 0 Å². The fourth-order valence-corrected chi connectivity index (χ4v) is 12.1. The molecule has 4 aromatic heterocycles. The largest absolute Gasteiger partial charge is 0.540 e. The van der Waals surface area contributed by atoms with E-state index in [2.05, 4.69) is 273 Å². The van der Waals surface area contributed by atoms with Crippen LogP contribution in [0.4, 0.5) is 0 Å². The van der Waals surface area contributed by atoms with Gasteiger partial charge in [0.2, 0.25) is 0 Å². The summed E-state index contributed by atoms with van der Waals surface area (Å²) in [5, 5.41) is 0. The SMILES string of the molecule is COc1c[c-]c(-c2nc(Br)c(I)n2-c2c(C)cccc2C)cc1.Cc1cc(C)c(-n2cc(I)nc2-c2[c-]cccc2)c(C)c1.Cc1cccc(C)c1-n1cc(Br)nc1-c1[c-]cccc1.Cc1ccccc1-n1cc(Br)nc1-c1[c-]cccc1.[Ir].[Ir].[Ir].[Ir]. The summed E-state index contributed by atoms with van der Waals surface area (Å²) >= 11 is 15.1. The third-order valence-electron chi connectivity index (χ3n) is 13.5. The number of rotatable bonds is 9. The molecule has 4 radical (unpaired) electrons. The Kier molecular flexibility index (Phi) is 29.1. The van der Waals surface area contributed by atoms with E-state index in [-0.39, 0.29) is 80.4 Å². The van der Waals surface area contributed by atoms with Crippen LogP contribution in [-0.2, 0) is 80.4 Å². The van der Waals surface area contributed by atoms with E-state index in [1.54, 1.807) is 7.11 Å². The van der Waals surface area contributed by atoms with E-state index in [9.17, 15) is 0 Å². The number of hydrogen-bond acceptors (Lipinski definition) is 5. The average Bonchev–Trinajstić information content (AvgIpc) is 1.98. The molecule has 0 saturated heterocycles. The van der Waals surface area contributed by atoms with E-state index in [0.717, 1.165) is 83.9 Å². The zero-order chi connectivity index (χ0) is 58.9. The number of para-hydroxylation sites is 3. The number of imidazole rings is 4. The van der Waals surface area contributed by atoms with Crippen LogP contribution >= 0.6 is 93.0 Å². The van der Waals surface area contributed by atoms with Gasteiger partial charge in [-0.1, -0.05) is 72.3 Å². The van der Waals surface area contributed by atoms with Crippen LogP contribution in [0.5, 0.6) is 5.75 Å². The van der Waals surface area contributed by atoms with Crippen LogP contribution in [-0.4, -0.2) is 45.3 Å². The molecule has 12 rings (SSSR count). The second-order valence-electron chi connectivity index (χ2n) is 19.6. The van der Waals surface area contributed by atoms with Gasteiger partial charge in [-0.2, -0.15) is 0 Å². The van der Waals surface area contributed by atoms with Crippen LogP contribution in [0.3, 0.4) is 0 Å². The zero-order valence-electron chi connectivity index (χ0n) is 48.5. The van der Waals surface area contributed by atoms with Crippen molar-refractivity contribution in [3.63, 3.8) is 0 Å². The van der Waals surface area contributed by atoms with Crippen LogP contribution in [0, 0.1) is 87.1 Å². The van der Waals surface area contributed by atoms with Crippen molar-refractivity contribution in [2.75, 3.05) is 7.11 Å². The summed E-state index contributed by atoms with van der Waals surface area (Å²) in [6.45, 7) is 17.0. The Labute approximate surface area is 617 Å². The fraction of sp³-hybridized carbons (Fsp3) is 0.130. The molecule has 0 saturated carbocycles. The standard InChI is InChI=1S/C18H15BrIN2O.C18H16IN2.C17H14BrN2.C16H12BrN2.4Ir/c1-11-5-4-6-12(2)15(11)22-17(20)16(19)21-18(22)13-7-9-14(23-3)10-8-13;1-12-9-13(2)17(14(3)10-12)21-11-16(19)20-18(21)15-7-5-4-6-8-15;1-12-7-6-8-13(2)16(12)20-11-15(18)19-17(20)14-9-4-3-5-10-14;1-12-7-5-6-10-14(12)19-11-15(17)18-16(19)13-8-3-2-4-9-13;;;;/h4-7,9-10H,1-3H3;4-7,9-11H,1-3H3;3-9,11H,1-2H3;2-8,10-11H,1H3;;;;/q4*-1;;;;. The number of hydrogen-bond donors (Lipinski definition) is 0. The first-order valence-electron chi connectivity index (χ1n) is 26.4. The number of methoxy groups -OCH3 is 1. The van der Waals surface area contributed by atoms with Gasteiger partial charge < -0.3 is 23.0 Å². The van der Waals surface area contributed by atoms with E-state index < -0.39 is 0 Å². The Balaban J connectivity index is 0.000000209. The molecule has 0 unspecified atom stereocenters. The molecule has 0 aliphatic rings. The van der Waals surface area contributed by atoms with Gasteiger partial charge in [-0.25, -0.2) is 0 Å². The van der Waals surface area contributed by atoms with Crippen LogP contribution in [0.2, 0.25) is 0 Å². The zero-order valence-corrected chi connectivity index (χ0v) is 67.2. The van der Waals surface area contributed by atoms with Crippen molar-refractivity contribution in [1.82, 2.24) is 38.2 Å². The molecule has 0 fully saturated rings. The van der Waals surface area contributed by atoms with Crippen molar-refractivity contribution in [2.45, 2.75) is 55.4 Å². The first kappa shape index (κ1) is 73.6. The molecular weight excluding hydrogens is 2220 g/mol. The maximum absolute atomic E-state index is 5.22. The van der Waals surface area contributed by atoms with Crippen LogP contribution in [0.15, 0.2) is 196 Å². The first-order valence-corrected chi connectivity index (χ1v) is 31.0. The normalized spacial score (nSPS) is 10.3. The van der Waals surface area contributed by atoms with E-state index in [1.807, 2.05) is 116 Å². The van der Waals surface area contributed by atoms with Crippen molar-refractivity contribution < 1.29 is 85.2 Å². The molecule has 454 valence electrons. The van der Waals surface area contributed by atoms with Crippen molar-refractivity contribution in [2.24, 2.45) is 0 Å². The summed E-state index contributed by atoms with van der Waals surface area (Å²) in [5.41, 5.74) is 18.5. The quantitative estimate of drug-likeness (QED) is 0.106. The first-order chi connectivity index (χ1) is 40.0. The van der Waals surface area contributed by atoms with Gasteiger partial charge in [0.15, 0.2) is 0 Å². The minimum absolute atomic E-state index is 0. The van der Waals surface area contributed by atoms with Gasteiger partial charge in [0.05, 0.1) is 30.4 Å². The molecule has 0 aliphatic heterocycles. The molecule has 0 aliphatic carbocycles. The number of nitrogens with zero attached hydrogens (tertiary/aromatic N) is 8. The van der Waals surface area contributed by atoms with Crippen LogP contribution in [0.25, 0.3) is 68.3 Å². The third-order valence-corrected chi connectivity index (χ3v) is 17.1. The van der Waals surface area contributed by atoms with E-state index in [4.69, 9.17) is 9.72 Å². The minimum Gasteiger partial charge on any atom is -0.540 e. The number of halogens is 5. The molecular formula is C69H57Br3I2Ir4N8O-4. The molecule has 18 heteroatoms. The maximum Gasteiger partial charge on any atom is 0.127 e. The average molecular weight is 2280 g/mol. The van der Waals surface area contributed by atoms with E-state index >= 15 is 0 Å². The Hall–Kier alpha value is -4.10. The summed E-state index contributed by atoms with van der Waals surface area (Å²) in [6.07, 6.45) is 6.07. The summed E-state index contributed by atoms with van der Waals surface area (Å²) in [7, 11) is 1.65. The number of aromatic nitrogens is 8. The predicted octanol–water partition coefficient (Wildman–Crippen LogP) is 19.3. The second-order valence-corrected chi connectivity index (χ2v) is 24.1. The Morgan fingerprint density at radius 1 is 0.414 bits per heavy atom. The Morgan fingerprint density at radius 2 is 0.839 bits per heavy atom. The molecule has 0 spiro atoms. The Morgan fingerprint density at radius 3 is 1.31 bits per heavy atom. The summed E-state index contributed by atoms with van der Waals surface area (Å²) in [4.78, 5) is 18.5. The monoisotopic (exact) mass is 2280 g/mol. The third kappa shape index (κ3) is 17.9. The summed E-state index contributed by atoms with van der Waals surface area (Å²) in [5.74, 6) is 4.38. The molecule has 8 aromatic carbocycles. The van der Waals surface area contributed by atoms with Crippen molar-refractivity contribution in [3.05, 3.63) is 272 Å². The number of aryl methyl sites for hydroxylation is 8. The summed E-state index contributed by atoms with van der Waals surface area (Å²) in [6, 6.07) is 67.8. The van der Waals surface area contributed by atoms with Gasteiger partial charge in [0.1, 0.15) is 21.2 Å². The van der Waals surface area contributed by atoms with Crippen molar-refractivity contribution in [1.29, 1.82) is 0 Å². The fourth-order valence-electron chi connectivity index (χ4n) is 9.91. The van der Waals surface area contributed by atoms with Gasteiger partial charge in [-0.15, -0.1) is 138 Å². The summed E-state index contributed by atoms with van der Waals surface area (Å²) < 4.78 is 18.3. The molecule has 4 heterocycles. The minimum atomic E-state index is 0. The number of benzene rings is 8. The van der Waals surface area contributed by atoms with E-state index in [0.29, 0.717) is 0 Å². The molecule has 12 aromatic rings. The molecule has 87 heavy (non-hydrogen) atoms. The topological polar surface area (TPSA) is 80.5 Å². The van der Waals surface area contributed by atoms with Crippen LogP contribution in [0.1, 0.15) is 44.5 Å². The van der Waals surface area contributed by atoms with Gasteiger partial charge in [0.25, 0.3) is 0 Å². The molecule has 0 atom stereocenters. The number of ether oxygens (including phenoxy) is 1. The van der Waals surface area contributed by atoms with Gasteiger partial charge in [-0.3, -0.25) is 19.9 Å². The Bertz CT molecular complexity index is 4130. The molecule has 9 nitrogen and oxygen atoms in total. The van der Waals surface area contributed by atoms with Crippen molar-refractivity contribution >= 4 is 93.0 Å². The predicted molar refractivity (Wildman–Crippen MR) is 364 cm³/mol. The second kappa shape index (κ2) is 34.4. The molecule has 0 N–H and O–H groups in total. The van der Waals surface area contributed by atoms with Crippen molar-refractivity contribution in [3.8, 4) is 74.1 Å². The maximum atomic E-state index is 5.22. The van der Waals surface area contributed by atoms with Crippen LogP contribution < -0.4 is 4.74 Å². The smallest absolute Gasteiger partial charge is 0.127 e.